The van der Waals surface area contributed by atoms with Crippen LogP contribution in [-0.2, 0) is 32.7 Å². The first-order valence-corrected chi connectivity index (χ1v) is 23.3. The maximum absolute atomic E-state index is 12.8. The minimum absolute atomic E-state index is 0.0867. The molecule has 0 aromatic carbocycles. The number of phosphoric acid groups is 1. The van der Waals surface area contributed by atoms with E-state index in [-0.39, 0.29) is 44.3 Å². The fourth-order valence-electron chi connectivity index (χ4n) is 6.81. The zero-order valence-corrected chi connectivity index (χ0v) is 36.6. The predicted molar refractivity (Wildman–Crippen MR) is 219 cm³/mol. The Labute approximate surface area is 339 Å². The predicted octanol–water partition coefficient (Wildman–Crippen LogP) is 7.71. The first-order chi connectivity index (χ1) is 26.7. The topological polar surface area (TPSA) is 172 Å². The van der Waals surface area contributed by atoms with Crippen LogP contribution >= 0.6 is 7.82 Å². The Morgan fingerprint density at radius 2 is 1.36 bits per heavy atom. The molecule has 328 valence electrons. The molecule has 1 saturated carbocycles. The van der Waals surface area contributed by atoms with Crippen LogP contribution in [0.3, 0.4) is 0 Å². The highest BCUT2D eigenvalue weighted by molar-refractivity contribution is 7.45. The van der Waals surface area contributed by atoms with Crippen LogP contribution in [0.4, 0.5) is 0 Å². The molecule has 0 heterocycles. The number of allylic oxidation sites excluding steroid dienone is 1. The summed E-state index contributed by atoms with van der Waals surface area (Å²) in [5.74, 6) is -1.76. The molecule has 1 aliphatic carbocycles. The molecule has 0 aliphatic heterocycles. The smallest absolute Gasteiger partial charge is 0.310 e. The van der Waals surface area contributed by atoms with Gasteiger partial charge in [0.1, 0.15) is 19.8 Å². The van der Waals surface area contributed by atoms with Crippen LogP contribution in [0.1, 0.15) is 155 Å². The number of nitrogens with zero attached hydrogens (tertiary/aromatic N) is 1. The molecule has 0 saturated heterocycles. The van der Waals surface area contributed by atoms with Crippen LogP contribution in [0.15, 0.2) is 24.3 Å². The number of aliphatic hydroxyl groups excluding tert-OH is 3. The van der Waals surface area contributed by atoms with Crippen LogP contribution in [0.5, 0.6) is 0 Å². The molecule has 0 bridgehead atoms. The molecule has 13 heteroatoms. The summed E-state index contributed by atoms with van der Waals surface area (Å²) in [5, 5.41) is 31.4. The Hall–Kier alpha value is -1.63. The lowest BCUT2D eigenvalue weighted by Gasteiger charge is -2.28. The van der Waals surface area contributed by atoms with E-state index in [2.05, 4.69) is 13.8 Å². The minimum Gasteiger partial charge on any atom is -0.756 e. The molecule has 3 N–H and O–H groups in total. The third-order valence-corrected chi connectivity index (χ3v) is 11.3. The summed E-state index contributed by atoms with van der Waals surface area (Å²) in [6, 6.07) is 0. The molecule has 1 rings (SSSR count). The monoisotopic (exact) mass is 818 g/mol. The molecule has 56 heavy (non-hydrogen) atoms. The normalized spacial score (nSPS) is 21.1. The molecule has 7 atom stereocenters. The van der Waals surface area contributed by atoms with Gasteiger partial charge < -0.3 is 43.2 Å². The van der Waals surface area contributed by atoms with Crippen LogP contribution in [-0.4, -0.2) is 104 Å². The molecular weight excluding hydrogens is 737 g/mol. The molecule has 0 radical (unpaired) electrons. The molecule has 1 aliphatic rings. The highest BCUT2D eigenvalue weighted by atomic mass is 31.2. The average Bonchev–Trinajstić information content (AvgIpc) is 3.40. The van der Waals surface area contributed by atoms with Crippen molar-refractivity contribution in [3.63, 3.8) is 0 Å². The standard InChI is InChI=1S/C43H80NO11P/c1-6-8-10-11-12-13-14-15-16-17-18-19-20-22-27-42(48)52-34-37(35-54-56(50,51)53-32-31-44(3,4)5)55-43(49)28-24-23-26-38-39(41(47)33-40(38)46)30-29-36(45)25-21-9-7-2/h23-24,29-30,36-41,45-47H,6-22,25-28,31-35H2,1-5H3/b24-23-,30-29+/t36-,37-,38+,39-,40+,41-/m1/s1. The Morgan fingerprint density at radius 3 is 1.95 bits per heavy atom. The summed E-state index contributed by atoms with van der Waals surface area (Å²) in [5.41, 5.74) is 0. The summed E-state index contributed by atoms with van der Waals surface area (Å²) < 4.78 is 33.8. The van der Waals surface area contributed by atoms with Crippen molar-refractivity contribution in [3.05, 3.63) is 24.3 Å². The number of rotatable bonds is 35. The van der Waals surface area contributed by atoms with Crippen LogP contribution in [0, 0.1) is 11.8 Å². The third-order valence-electron chi connectivity index (χ3n) is 10.3. The largest absolute Gasteiger partial charge is 0.756 e. The van der Waals surface area contributed by atoms with Crippen molar-refractivity contribution < 1.29 is 57.4 Å². The highest BCUT2D eigenvalue weighted by Gasteiger charge is 2.39. The van der Waals surface area contributed by atoms with Gasteiger partial charge in [0, 0.05) is 18.8 Å². The van der Waals surface area contributed by atoms with Gasteiger partial charge in [-0.15, -0.1) is 0 Å². The molecular formula is C43H80NO11P. The molecule has 0 aromatic rings. The lowest BCUT2D eigenvalue weighted by molar-refractivity contribution is -0.870. The Balaban J connectivity index is 2.57. The zero-order valence-electron chi connectivity index (χ0n) is 35.7. The van der Waals surface area contributed by atoms with E-state index in [0.717, 1.165) is 38.5 Å². The van der Waals surface area contributed by atoms with Gasteiger partial charge in [0.2, 0.25) is 0 Å². The number of aliphatic hydroxyl groups is 3. The second-order valence-corrected chi connectivity index (χ2v) is 18.1. The second kappa shape index (κ2) is 31.3. The number of ether oxygens (including phenoxy) is 2. The van der Waals surface area contributed by atoms with Gasteiger partial charge in [-0.25, -0.2) is 0 Å². The van der Waals surface area contributed by atoms with E-state index < -0.39 is 50.8 Å². The number of likely N-dealkylation sites (N-methyl/N-ethyl adjacent to an activating group) is 1. The average molecular weight is 818 g/mol. The number of esters is 2. The van der Waals surface area contributed by atoms with E-state index in [1.807, 2.05) is 21.1 Å². The van der Waals surface area contributed by atoms with E-state index in [4.69, 9.17) is 18.5 Å². The van der Waals surface area contributed by atoms with Crippen molar-refractivity contribution in [2.45, 2.75) is 180 Å². The zero-order chi connectivity index (χ0) is 41.7. The quantitative estimate of drug-likeness (QED) is 0.0188. The number of carbonyl (C=O) groups is 2. The lowest BCUT2D eigenvalue weighted by Crippen LogP contribution is -2.37. The van der Waals surface area contributed by atoms with Crippen molar-refractivity contribution in [3.8, 4) is 0 Å². The number of hydrogen-bond donors (Lipinski definition) is 3. The van der Waals surface area contributed by atoms with Gasteiger partial charge in [0.05, 0.1) is 52.5 Å². The van der Waals surface area contributed by atoms with Crippen molar-refractivity contribution in [1.29, 1.82) is 0 Å². The minimum atomic E-state index is -4.71. The first-order valence-electron chi connectivity index (χ1n) is 21.8. The van der Waals surface area contributed by atoms with Gasteiger partial charge in [-0.3, -0.25) is 14.2 Å². The first kappa shape index (κ1) is 52.4. The number of hydrogen-bond acceptors (Lipinski definition) is 11. The maximum atomic E-state index is 12.8. The van der Waals surface area contributed by atoms with Gasteiger partial charge in [-0.1, -0.05) is 141 Å². The van der Waals surface area contributed by atoms with E-state index in [1.165, 1.54) is 64.2 Å². The Kier molecular flexibility index (Phi) is 29.3. The summed E-state index contributed by atoms with van der Waals surface area (Å²) in [6.45, 7) is 3.74. The number of phosphoric ester groups is 1. The summed E-state index contributed by atoms with van der Waals surface area (Å²) in [7, 11) is 0.974. The fourth-order valence-corrected chi connectivity index (χ4v) is 7.53. The van der Waals surface area contributed by atoms with Gasteiger partial charge in [0.25, 0.3) is 7.82 Å². The number of quaternary nitrogens is 1. The molecule has 12 nitrogen and oxygen atoms in total. The summed E-state index contributed by atoms with van der Waals surface area (Å²) in [6.07, 6.45) is 24.8. The molecule has 0 aromatic heterocycles. The maximum Gasteiger partial charge on any atom is 0.310 e. The lowest BCUT2D eigenvalue weighted by atomic mass is 9.89. The van der Waals surface area contributed by atoms with Crippen LogP contribution in [0.25, 0.3) is 0 Å². The molecule has 0 amide bonds. The third kappa shape index (κ3) is 27.9. The van der Waals surface area contributed by atoms with E-state index >= 15 is 0 Å². The molecule has 1 unspecified atom stereocenters. The summed E-state index contributed by atoms with van der Waals surface area (Å²) in [4.78, 5) is 37.8. The van der Waals surface area contributed by atoms with Gasteiger partial charge in [0.15, 0.2) is 6.10 Å². The van der Waals surface area contributed by atoms with E-state index in [0.29, 0.717) is 30.3 Å². The number of unbranched alkanes of at least 4 members (excludes halogenated alkanes) is 15. The van der Waals surface area contributed by atoms with E-state index in [9.17, 15) is 34.4 Å². The van der Waals surface area contributed by atoms with Crippen molar-refractivity contribution >= 4 is 19.8 Å². The van der Waals surface area contributed by atoms with Crippen molar-refractivity contribution in [2.24, 2.45) is 11.8 Å². The molecule has 1 fully saturated rings. The van der Waals surface area contributed by atoms with Crippen molar-refractivity contribution in [1.82, 2.24) is 0 Å². The highest BCUT2D eigenvalue weighted by Crippen LogP contribution is 2.38. The SMILES string of the molecule is CCCCCCCCCCCCCCCCC(=O)OC[C@H](COP(=O)([O-])OCC[N+](C)(C)C)OC(=O)C/C=C\C[C@H]1[C@@H](/C=C/[C@H](O)CCCCC)[C@H](O)C[C@@H]1O. The fraction of sp³-hybridized carbons (Fsp3) is 0.860. The number of carbonyl (C=O) groups excluding carboxylic acids is 2. The van der Waals surface area contributed by atoms with Gasteiger partial charge in [-0.2, -0.15) is 0 Å². The Morgan fingerprint density at radius 1 is 0.786 bits per heavy atom. The van der Waals surface area contributed by atoms with Crippen LogP contribution in [0.2, 0.25) is 0 Å². The van der Waals surface area contributed by atoms with Gasteiger partial charge >= 0.3 is 11.9 Å². The Bertz CT molecular complexity index is 1130. The second-order valence-electron chi connectivity index (χ2n) is 16.7. The van der Waals surface area contributed by atoms with E-state index in [1.54, 1.807) is 24.3 Å². The molecule has 0 spiro atoms. The van der Waals surface area contributed by atoms with Crippen molar-refractivity contribution in [2.75, 3.05) is 47.5 Å². The van der Waals surface area contributed by atoms with Gasteiger partial charge in [-0.05, 0) is 25.2 Å². The summed E-state index contributed by atoms with van der Waals surface area (Å²) >= 11 is 0. The van der Waals surface area contributed by atoms with Crippen LogP contribution < -0.4 is 4.89 Å².